The summed E-state index contributed by atoms with van der Waals surface area (Å²) in [5, 5.41) is 12.7. The van der Waals surface area contributed by atoms with Gasteiger partial charge < -0.3 is 9.47 Å². The number of carbonyl (C=O) groups excluding carboxylic acids is 1. The number of aromatic nitrogens is 2. The maximum Gasteiger partial charge on any atom is 0.250 e. The lowest BCUT2D eigenvalue weighted by atomic mass is 10.1. The van der Waals surface area contributed by atoms with Gasteiger partial charge in [-0.25, -0.2) is 0 Å². The van der Waals surface area contributed by atoms with E-state index >= 15 is 0 Å². The molecular weight excluding hydrogens is 398 g/mol. The summed E-state index contributed by atoms with van der Waals surface area (Å²) in [5.74, 6) is 1.03. The second kappa shape index (κ2) is 9.34. The summed E-state index contributed by atoms with van der Waals surface area (Å²) in [7, 11) is 3.19. The molecule has 6 nitrogen and oxygen atoms in total. The Morgan fingerprint density at radius 2 is 1.93 bits per heavy atom. The van der Waals surface area contributed by atoms with Crippen LogP contribution in [0.4, 0.5) is 5.13 Å². The van der Waals surface area contributed by atoms with Crippen LogP contribution >= 0.6 is 22.9 Å². The molecule has 0 unspecified atom stereocenters. The summed E-state index contributed by atoms with van der Waals surface area (Å²) in [6.45, 7) is 0. The average Bonchev–Trinajstić information content (AvgIpc) is 3.13. The van der Waals surface area contributed by atoms with Crippen molar-refractivity contribution < 1.29 is 14.3 Å². The van der Waals surface area contributed by atoms with Crippen molar-refractivity contribution in [3.05, 3.63) is 69.7 Å². The molecule has 0 saturated carbocycles. The molecule has 0 bridgehead atoms. The van der Waals surface area contributed by atoms with Crippen LogP contribution in [0.1, 0.15) is 16.1 Å². The SMILES string of the molecule is COc1ccc(Cc2nnc(NC(=O)C=Cc3ccccc3Cl)s2)cc1OC. The van der Waals surface area contributed by atoms with Crippen LogP contribution in [0.5, 0.6) is 11.5 Å². The van der Waals surface area contributed by atoms with Crippen molar-refractivity contribution in [2.75, 3.05) is 19.5 Å². The van der Waals surface area contributed by atoms with E-state index < -0.39 is 0 Å². The first-order valence-corrected chi connectivity index (χ1v) is 9.55. The van der Waals surface area contributed by atoms with Crippen LogP contribution in [0.3, 0.4) is 0 Å². The molecule has 0 fully saturated rings. The predicted octanol–water partition coefficient (Wildman–Crippen LogP) is 4.45. The molecule has 0 aliphatic rings. The summed E-state index contributed by atoms with van der Waals surface area (Å²) < 4.78 is 10.6. The Kier molecular flexibility index (Phi) is 6.62. The van der Waals surface area contributed by atoms with Crippen molar-refractivity contribution >= 4 is 40.1 Å². The summed E-state index contributed by atoms with van der Waals surface area (Å²) in [6.07, 6.45) is 3.64. The van der Waals surface area contributed by atoms with E-state index in [1.165, 1.54) is 17.4 Å². The maximum atomic E-state index is 12.1. The van der Waals surface area contributed by atoms with Crippen LogP contribution in [-0.4, -0.2) is 30.3 Å². The molecule has 0 aliphatic heterocycles. The molecule has 0 aliphatic carbocycles. The average molecular weight is 416 g/mol. The zero-order valence-corrected chi connectivity index (χ0v) is 16.9. The molecule has 1 aromatic heterocycles. The van der Waals surface area contributed by atoms with Crippen LogP contribution in [0.2, 0.25) is 5.02 Å². The molecule has 1 N–H and O–H groups in total. The molecule has 144 valence electrons. The van der Waals surface area contributed by atoms with Gasteiger partial charge >= 0.3 is 0 Å². The highest BCUT2D eigenvalue weighted by Crippen LogP contribution is 2.29. The molecule has 0 saturated heterocycles. The van der Waals surface area contributed by atoms with Gasteiger partial charge in [-0.3, -0.25) is 10.1 Å². The second-order valence-electron chi connectivity index (χ2n) is 5.71. The van der Waals surface area contributed by atoms with Crippen molar-refractivity contribution in [1.29, 1.82) is 0 Å². The highest BCUT2D eigenvalue weighted by Gasteiger charge is 2.10. The lowest BCUT2D eigenvalue weighted by molar-refractivity contribution is -0.111. The number of anilines is 1. The number of ether oxygens (including phenoxy) is 2. The van der Waals surface area contributed by atoms with Crippen molar-refractivity contribution in [2.45, 2.75) is 6.42 Å². The first-order valence-electron chi connectivity index (χ1n) is 8.36. The first-order chi connectivity index (χ1) is 13.6. The predicted molar refractivity (Wildman–Crippen MR) is 111 cm³/mol. The van der Waals surface area contributed by atoms with E-state index in [9.17, 15) is 4.79 Å². The topological polar surface area (TPSA) is 73.3 Å². The van der Waals surface area contributed by atoms with Gasteiger partial charge in [0.1, 0.15) is 5.01 Å². The quantitative estimate of drug-likeness (QED) is 0.577. The van der Waals surface area contributed by atoms with Gasteiger partial charge in [-0.1, -0.05) is 47.2 Å². The normalized spacial score (nSPS) is 10.8. The van der Waals surface area contributed by atoms with Gasteiger partial charge in [0, 0.05) is 17.5 Å². The van der Waals surface area contributed by atoms with Gasteiger partial charge in [0.15, 0.2) is 11.5 Å². The Labute approximate surface area is 171 Å². The van der Waals surface area contributed by atoms with Crippen LogP contribution < -0.4 is 14.8 Å². The number of benzene rings is 2. The van der Waals surface area contributed by atoms with E-state index in [4.69, 9.17) is 21.1 Å². The molecule has 2 aromatic carbocycles. The van der Waals surface area contributed by atoms with Crippen molar-refractivity contribution in [2.24, 2.45) is 0 Å². The van der Waals surface area contributed by atoms with Crippen LogP contribution in [0, 0.1) is 0 Å². The maximum absolute atomic E-state index is 12.1. The molecule has 8 heteroatoms. The third-order valence-electron chi connectivity index (χ3n) is 3.82. The second-order valence-corrected chi connectivity index (χ2v) is 7.18. The van der Waals surface area contributed by atoms with Gasteiger partial charge in [0.05, 0.1) is 14.2 Å². The summed E-state index contributed by atoms with van der Waals surface area (Å²) in [4.78, 5) is 12.1. The zero-order chi connectivity index (χ0) is 19.9. The largest absolute Gasteiger partial charge is 0.493 e. The Morgan fingerprint density at radius 1 is 1.14 bits per heavy atom. The molecule has 0 atom stereocenters. The standard InChI is InChI=1S/C20H18ClN3O3S/c1-26-16-9-7-13(11-17(16)27-2)12-19-23-24-20(28-19)22-18(25)10-8-14-5-3-4-6-15(14)21/h3-11H,12H2,1-2H3,(H,22,24,25). The number of nitrogens with zero attached hydrogens (tertiary/aromatic N) is 2. The number of hydrogen-bond donors (Lipinski definition) is 1. The van der Waals surface area contributed by atoms with Crippen molar-refractivity contribution in [3.8, 4) is 11.5 Å². The fourth-order valence-corrected chi connectivity index (χ4v) is 3.44. The molecular formula is C20H18ClN3O3S. The third-order valence-corrected chi connectivity index (χ3v) is 5.00. The van der Waals surface area contributed by atoms with E-state index in [0.717, 1.165) is 16.1 Å². The Balaban J connectivity index is 1.62. The Hall–Kier alpha value is -2.90. The molecule has 1 amide bonds. The van der Waals surface area contributed by atoms with Gasteiger partial charge in [-0.05, 0) is 35.4 Å². The number of nitrogens with one attached hydrogen (secondary N) is 1. The van der Waals surface area contributed by atoms with Gasteiger partial charge in [-0.15, -0.1) is 10.2 Å². The molecule has 3 aromatic rings. The van der Waals surface area contributed by atoms with E-state index in [2.05, 4.69) is 15.5 Å². The fourth-order valence-electron chi connectivity index (χ4n) is 2.46. The van der Waals surface area contributed by atoms with Crippen molar-refractivity contribution in [1.82, 2.24) is 10.2 Å². The van der Waals surface area contributed by atoms with Crippen LogP contribution in [0.25, 0.3) is 6.08 Å². The van der Waals surface area contributed by atoms with E-state index in [1.807, 2.05) is 36.4 Å². The number of rotatable bonds is 7. The van der Waals surface area contributed by atoms with Crippen LogP contribution in [0.15, 0.2) is 48.5 Å². The highest BCUT2D eigenvalue weighted by atomic mass is 35.5. The lowest BCUT2D eigenvalue weighted by Gasteiger charge is -2.08. The van der Waals surface area contributed by atoms with E-state index in [1.54, 1.807) is 26.4 Å². The Bertz CT molecular complexity index is 1000. The molecule has 0 spiro atoms. The number of hydrogen-bond acceptors (Lipinski definition) is 6. The first kappa shape index (κ1) is 19.9. The van der Waals surface area contributed by atoms with Gasteiger partial charge in [-0.2, -0.15) is 0 Å². The van der Waals surface area contributed by atoms with E-state index in [-0.39, 0.29) is 5.91 Å². The third kappa shape index (κ3) is 5.09. The van der Waals surface area contributed by atoms with Crippen LogP contribution in [-0.2, 0) is 11.2 Å². The lowest BCUT2D eigenvalue weighted by Crippen LogP contribution is -2.07. The summed E-state index contributed by atoms with van der Waals surface area (Å²) in [6, 6.07) is 13.0. The fraction of sp³-hybridized carbons (Fsp3) is 0.150. The Morgan fingerprint density at radius 3 is 2.68 bits per heavy atom. The summed E-state index contributed by atoms with van der Waals surface area (Å²) in [5.41, 5.74) is 1.77. The smallest absolute Gasteiger partial charge is 0.250 e. The molecule has 1 heterocycles. The zero-order valence-electron chi connectivity index (χ0n) is 15.3. The minimum atomic E-state index is -0.297. The summed E-state index contributed by atoms with van der Waals surface area (Å²) >= 11 is 7.39. The number of halogens is 1. The monoisotopic (exact) mass is 415 g/mol. The highest BCUT2D eigenvalue weighted by molar-refractivity contribution is 7.15. The van der Waals surface area contributed by atoms with E-state index in [0.29, 0.717) is 28.1 Å². The van der Waals surface area contributed by atoms with Gasteiger partial charge in [0.2, 0.25) is 11.0 Å². The van der Waals surface area contributed by atoms with Crippen molar-refractivity contribution in [3.63, 3.8) is 0 Å². The number of methoxy groups -OCH3 is 2. The molecule has 3 rings (SSSR count). The minimum Gasteiger partial charge on any atom is -0.493 e. The number of carbonyl (C=O) groups is 1. The van der Waals surface area contributed by atoms with Gasteiger partial charge in [0.25, 0.3) is 0 Å². The number of amides is 1. The molecule has 28 heavy (non-hydrogen) atoms. The molecule has 0 radical (unpaired) electrons. The minimum absolute atomic E-state index is 0.297.